The van der Waals surface area contributed by atoms with Gasteiger partial charge in [-0.3, -0.25) is 9.59 Å². The number of hydrogen-bond acceptors (Lipinski definition) is 5. The Balaban J connectivity index is 1.85. The molecule has 3 heterocycles. The Bertz CT molecular complexity index is 852. The molecule has 1 aliphatic rings. The number of H-pyrrole nitrogens is 1. The number of nitrogens with zero attached hydrogens (tertiary/aromatic N) is 2. The van der Waals surface area contributed by atoms with Gasteiger partial charge in [0.05, 0.1) is 10.6 Å². The maximum Gasteiger partial charge on any atom is 0.260 e. The third-order valence-corrected chi connectivity index (χ3v) is 7.16. The number of thiophene rings is 1. The number of carbonyl (C=O) groups is 1. The molecule has 1 aliphatic heterocycles. The second-order valence-corrected chi connectivity index (χ2v) is 9.73. The highest BCUT2D eigenvalue weighted by molar-refractivity contribution is 8.00. The first-order chi connectivity index (χ1) is 12.4. The van der Waals surface area contributed by atoms with Crippen molar-refractivity contribution in [3.8, 4) is 0 Å². The summed E-state index contributed by atoms with van der Waals surface area (Å²) in [4.78, 5) is 36.6. The zero-order valence-electron chi connectivity index (χ0n) is 15.9. The summed E-state index contributed by atoms with van der Waals surface area (Å²) in [6.07, 6.45) is 4.16. The molecule has 1 saturated heterocycles. The molecule has 2 aromatic heterocycles. The summed E-state index contributed by atoms with van der Waals surface area (Å²) in [5.74, 6) is 0.674. The van der Waals surface area contributed by atoms with E-state index in [1.165, 1.54) is 16.6 Å². The zero-order chi connectivity index (χ0) is 18.8. The van der Waals surface area contributed by atoms with Crippen molar-refractivity contribution in [2.24, 2.45) is 5.92 Å². The molecule has 5 nitrogen and oxygen atoms in total. The van der Waals surface area contributed by atoms with E-state index in [-0.39, 0.29) is 16.7 Å². The van der Waals surface area contributed by atoms with Crippen LogP contribution in [-0.4, -0.2) is 39.1 Å². The second kappa shape index (κ2) is 8.13. The minimum atomic E-state index is -0.241. The van der Waals surface area contributed by atoms with Gasteiger partial charge in [0.25, 0.3) is 5.56 Å². The van der Waals surface area contributed by atoms with Gasteiger partial charge in [-0.15, -0.1) is 11.3 Å². The van der Waals surface area contributed by atoms with Crippen LogP contribution in [0.15, 0.2) is 9.95 Å². The first-order valence-corrected chi connectivity index (χ1v) is 11.1. The van der Waals surface area contributed by atoms with Crippen LogP contribution >= 0.6 is 23.1 Å². The Morgan fingerprint density at radius 1 is 1.35 bits per heavy atom. The maximum absolute atomic E-state index is 12.7. The van der Waals surface area contributed by atoms with E-state index in [4.69, 9.17) is 0 Å². The summed E-state index contributed by atoms with van der Waals surface area (Å²) in [7, 11) is 0. The topological polar surface area (TPSA) is 66.1 Å². The first kappa shape index (κ1) is 19.4. The number of likely N-dealkylation sites (tertiary alicyclic amines) is 1. The number of aromatic nitrogens is 2. The molecule has 0 aromatic carbocycles. The van der Waals surface area contributed by atoms with Gasteiger partial charge < -0.3 is 9.88 Å². The van der Waals surface area contributed by atoms with Gasteiger partial charge >= 0.3 is 0 Å². The van der Waals surface area contributed by atoms with Crippen molar-refractivity contribution < 1.29 is 4.79 Å². The molecule has 0 spiro atoms. The molecule has 0 saturated carbocycles. The van der Waals surface area contributed by atoms with Crippen LogP contribution in [0.2, 0.25) is 0 Å². The molecule has 2 atom stereocenters. The van der Waals surface area contributed by atoms with E-state index in [0.717, 1.165) is 54.6 Å². The Kier molecular flexibility index (Phi) is 6.07. The van der Waals surface area contributed by atoms with Crippen molar-refractivity contribution in [3.63, 3.8) is 0 Å². The van der Waals surface area contributed by atoms with E-state index in [1.807, 2.05) is 11.8 Å². The van der Waals surface area contributed by atoms with Crippen molar-refractivity contribution in [1.82, 2.24) is 14.9 Å². The molecule has 2 aromatic rings. The highest BCUT2D eigenvalue weighted by atomic mass is 32.2. The molecule has 1 fully saturated rings. The van der Waals surface area contributed by atoms with E-state index in [0.29, 0.717) is 11.1 Å². The summed E-state index contributed by atoms with van der Waals surface area (Å²) in [5, 5.41) is 1.03. The summed E-state index contributed by atoms with van der Waals surface area (Å²) in [6, 6.07) is 0. The Morgan fingerprint density at radius 3 is 2.69 bits per heavy atom. The molecular weight excluding hydrogens is 366 g/mol. The predicted octanol–water partition coefficient (Wildman–Crippen LogP) is 3.98. The number of aryl methyl sites for hydroxylation is 1. The van der Waals surface area contributed by atoms with Gasteiger partial charge in [0.2, 0.25) is 5.91 Å². The lowest BCUT2D eigenvalue weighted by molar-refractivity contribution is -0.129. The number of nitrogens with one attached hydrogen (secondary N) is 1. The summed E-state index contributed by atoms with van der Waals surface area (Å²) >= 11 is 2.93. The van der Waals surface area contributed by atoms with Crippen LogP contribution < -0.4 is 5.56 Å². The highest BCUT2D eigenvalue weighted by Gasteiger charge is 2.25. The number of hydrogen-bond donors (Lipinski definition) is 1. The maximum atomic E-state index is 12.7. The molecule has 0 radical (unpaired) electrons. The van der Waals surface area contributed by atoms with E-state index in [9.17, 15) is 9.59 Å². The summed E-state index contributed by atoms with van der Waals surface area (Å²) in [6.45, 7) is 10.0. The molecule has 0 bridgehead atoms. The molecular formula is C19H27N3O2S2. The fourth-order valence-corrected chi connectivity index (χ4v) is 5.35. The van der Waals surface area contributed by atoms with Gasteiger partial charge in [-0.05, 0) is 44.6 Å². The highest BCUT2D eigenvalue weighted by Crippen LogP contribution is 2.31. The molecule has 26 heavy (non-hydrogen) atoms. The number of fused-ring (bicyclic) bond motifs is 1. The smallest absolute Gasteiger partial charge is 0.260 e. The predicted molar refractivity (Wildman–Crippen MR) is 109 cm³/mol. The van der Waals surface area contributed by atoms with Gasteiger partial charge in [-0.2, -0.15) is 0 Å². The Labute approximate surface area is 162 Å². The Hall–Kier alpha value is -1.34. The number of amides is 1. The van der Waals surface area contributed by atoms with Crippen molar-refractivity contribution >= 4 is 39.2 Å². The van der Waals surface area contributed by atoms with Crippen molar-refractivity contribution in [3.05, 3.63) is 20.8 Å². The third-order valence-electron chi connectivity index (χ3n) is 5.14. The lowest BCUT2D eigenvalue weighted by atomic mass is 9.98. The molecule has 0 aliphatic carbocycles. The van der Waals surface area contributed by atoms with Crippen molar-refractivity contribution in [2.45, 2.75) is 63.8 Å². The lowest BCUT2D eigenvalue weighted by Gasteiger charge is -2.19. The first-order valence-electron chi connectivity index (χ1n) is 9.38. The fraction of sp³-hybridized carbons (Fsp3) is 0.632. The molecule has 3 rings (SSSR count). The van der Waals surface area contributed by atoms with E-state index in [2.05, 4.69) is 30.7 Å². The van der Waals surface area contributed by atoms with E-state index >= 15 is 0 Å². The van der Waals surface area contributed by atoms with E-state index in [1.54, 1.807) is 11.3 Å². The average molecular weight is 394 g/mol. The lowest BCUT2D eigenvalue weighted by Crippen LogP contribution is -2.34. The van der Waals surface area contributed by atoms with Crippen LogP contribution in [0, 0.1) is 12.8 Å². The van der Waals surface area contributed by atoms with Crippen LogP contribution in [-0.2, 0) is 11.2 Å². The Morgan fingerprint density at radius 2 is 2.04 bits per heavy atom. The number of rotatable bonds is 6. The largest absolute Gasteiger partial charge is 0.342 e. The van der Waals surface area contributed by atoms with Crippen LogP contribution in [0.1, 0.15) is 50.5 Å². The quantitative estimate of drug-likeness (QED) is 0.595. The van der Waals surface area contributed by atoms with Gasteiger partial charge in [0, 0.05) is 18.0 Å². The minimum Gasteiger partial charge on any atom is -0.342 e. The standard InChI is InChI=1S/C19H27N3O2S2/c1-5-11(2)10-14-12(3)25-17-15(14)16(23)20-19(21-17)26-13(4)18(24)22-8-6-7-9-22/h11,13H,5-10H2,1-4H3,(H,20,21,23)/t11-,13-/m1/s1. The van der Waals surface area contributed by atoms with Crippen molar-refractivity contribution in [2.75, 3.05) is 13.1 Å². The van der Waals surface area contributed by atoms with Crippen LogP contribution in [0.5, 0.6) is 0 Å². The van der Waals surface area contributed by atoms with Crippen LogP contribution in [0.4, 0.5) is 0 Å². The molecule has 142 valence electrons. The van der Waals surface area contributed by atoms with Gasteiger partial charge in [0.15, 0.2) is 5.16 Å². The normalized spacial score (nSPS) is 17.0. The van der Waals surface area contributed by atoms with Crippen LogP contribution in [0.3, 0.4) is 0 Å². The second-order valence-electron chi connectivity index (χ2n) is 7.20. The number of carbonyl (C=O) groups excluding carboxylic acids is 1. The summed E-state index contributed by atoms with van der Waals surface area (Å²) in [5.41, 5.74) is 1.05. The fourth-order valence-electron chi connectivity index (χ4n) is 3.36. The third kappa shape index (κ3) is 3.98. The van der Waals surface area contributed by atoms with Gasteiger partial charge in [-0.1, -0.05) is 32.0 Å². The zero-order valence-corrected chi connectivity index (χ0v) is 17.6. The van der Waals surface area contributed by atoms with Gasteiger partial charge in [-0.25, -0.2) is 4.98 Å². The van der Waals surface area contributed by atoms with Crippen molar-refractivity contribution in [1.29, 1.82) is 0 Å². The molecule has 0 unspecified atom stereocenters. The monoisotopic (exact) mass is 393 g/mol. The van der Waals surface area contributed by atoms with E-state index < -0.39 is 0 Å². The number of thioether (sulfide) groups is 1. The van der Waals surface area contributed by atoms with Gasteiger partial charge in [0.1, 0.15) is 4.83 Å². The molecule has 1 N–H and O–H groups in total. The molecule has 7 heteroatoms. The molecule has 1 amide bonds. The SMILES string of the molecule is CC[C@@H](C)Cc1c(C)sc2nc(S[C@H](C)C(=O)N3CCCC3)[nH]c(=O)c12. The minimum absolute atomic E-state index is 0.0824. The average Bonchev–Trinajstić information content (AvgIpc) is 3.23. The number of aromatic amines is 1. The van der Waals surface area contributed by atoms with Crippen LogP contribution in [0.25, 0.3) is 10.2 Å². The summed E-state index contributed by atoms with van der Waals surface area (Å²) < 4.78 is 0.